The molecule has 0 unspecified atom stereocenters. The topological polar surface area (TPSA) is 86.2 Å². The van der Waals surface area contributed by atoms with E-state index in [1.165, 1.54) is 20.2 Å². The van der Waals surface area contributed by atoms with Gasteiger partial charge in [-0.2, -0.15) is 5.10 Å². The number of methoxy groups -OCH3 is 2. The first-order valence-corrected chi connectivity index (χ1v) is 7.37. The molecule has 25 heavy (non-hydrogen) atoms. The highest BCUT2D eigenvalue weighted by Crippen LogP contribution is 2.28. The van der Waals surface area contributed by atoms with Gasteiger partial charge in [0.05, 0.1) is 26.0 Å². The van der Waals surface area contributed by atoms with E-state index in [4.69, 9.17) is 14.2 Å². The summed E-state index contributed by atoms with van der Waals surface area (Å²) in [6, 6.07) is 11.5. The van der Waals surface area contributed by atoms with Crippen LogP contribution < -0.4 is 19.6 Å². The second kappa shape index (κ2) is 8.49. The first kappa shape index (κ1) is 18.0. The summed E-state index contributed by atoms with van der Waals surface area (Å²) < 4.78 is 15.7. The molecule has 0 aliphatic carbocycles. The van der Waals surface area contributed by atoms with E-state index in [-0.39, 0.29) is 11.7 Å². The van der Waals surface area contributed by atoms with Crippen LogP contribution >= 0.6 is 0 Å². The van der Waals surface area contributed by atoms with Crippen molar-refractivity contribution in [3.05, 3.63) is 53.6 Å². The smallest absolute Gasteiger partial charge is 0.343 e. The molecule has 7 heteroatoms. The molecule has 0 saturated heterocycles. The Hall–Kier alpha value is -3.35. The Labute approximate surface area is 145 Å². The number of esters is 1. The van der Waals surface area contributed by atoms with Crippen molar-refractivity contribution in [1.29, 1.82) is 0 Å². The Morgan fingerprint density at radius 3 is 2.32 bits per heavy atom. The van der Waals surface area contributed by atoms with Gasteiger partial charge in [0.25, 0.3) is 0 Å². The van der Waals surface area contributed by atoms with Gasteiger partial charge in [-0.3, -0.25) is 4.79 Å². The number of carbonyl (C=O) groups is 2. The van der Waals surface area contributed by atoms with Crippen molar-refractivity contribution in [1.82, 2.24) is 5.43 Å². The minimum atomic E-state index is -0.513. The van der Waals surface area contributed by atoms with E-state index in [2.05, 4.69) is 10.5 Å². The molecule has 0 aliphatic heterocycles. The highest BCUT2D eigenvalue weighted by Gasteiger charge is 2.13. The van der Waals surface area contributed by atoms with Crippen LogP contribution in [0.3, 0.4) is 0 Å². The van der Waals surface area contributed by atoms with Crippen molar-refractivity contribution in [3.8, 4) is 17.2 Å². The lowest BCUT2D eigenvalue weighted by atomic mass is 10.2. The third-order valence-corrected chi connectivity index (χ3v) is 3.15. The van der Waals surface area contributed by atoms with Crippen LogP contribution in [0.25, 0.3) is 0 Å². The Morgan fingerprint density at radius 2 is 1.72 bits per heavy atom. The first-order valence-electron chi connectivity index (χ1n) is 7.37. The maximum atomic E-state index is 12.2. The fourth-order valence-electron chi connectivity index (χ4n) is 1.93. The molecule has 0 spiro atoms. The van der Waals surface area contributed by atoms with Gasteiger partial charge in [0.2, 0.25) is 5.91 Å². The quantitative estimate of drug-likeness (QED) is 0.377. The minimum absolute atomic E-state index is 0.270. The van der Waals surface area contributed by atoms with Crippen LogP contribution in [0.15, 0.2) is 47.6 Å². The number of nitrogens with one attached hydrogen (secondary N) is 1. The lowest BCUT2D eigenvalue weighted by Gasteiger charge is -2.10. The first-order chi connectivity index (χ1) is 12.0. The summed E-state index contributed by atoms with van der Waals surface area (Å²) in [5, 5.41) is 3.77. The SMILES string of the molecule is COc1ccc(C(=O)Oc2ccc(/C=N/NC(C)=O)cc2OC)cc1. The second-order valence-corrected chi connectivity index (χ2v) is 4.95. The van der Waals surface area contributed by atoms with Crippen molar-refractivity contribution in [3.63, 3.8) is 0 Å². The average Bonchev–Trinajstić information content (AvgIpc) is 2.62. The molecule has 7 nitrogen and oxygen atoms in total. The zero-order valence-corrected chi connectivity index (χ0v) is 14.1. The Kier molecular flexibility index (Phi) is 6.11. The van der Waals surface area contributed by atoms with Gasteiger partial charge in [0, 0.05) is 6.92 Å². The van der Waals surface area contributed by atoms with Gasteiger partial charge in [0.1, 0.15) is 5.75 Å². The molecule has 2 aromatic rings. The predicted octanol–water partition coefficient (Wildman–Crippen LogP) is 2.39. The molecular formula is C18H18N2O5. The van der Waals surface area contributed by atoms with E-state index in [1.54, 1.807) is 49.6 Å². The number of nitrogens with zero attached hydrogens (tertiary/aromatic N) is 1. The van der Waals surface area contributed by atoms with Crippen LogP contribution in [0.1, 0.15) is 22.8 Å². The molecular weight excluding hydrogens is 324 g/mol. The van der Waals surface area contributed by atoms with Gasteiger partial charge >= 0.3 is 5.97 Å². The molecule has 0 saturated carbocycles. The van der Waals surface area contributed by atoms with Crippen LogP contribution in [0.4, 0.5) is 0 Å². The van der Waals surface area contributed by atoms with Crippen LogP contribution in [0, 0.1) is 0 Å². The lowest BCUT2D eigenvalue weighted by Crippen LogP contribution is -2.12. The molecule has 0 bridgehead atoms. The van der Waals surface area contributed by atoms with Crippen molar-refractivity contribution < 1.29 is 23.8 Å². The van der Waals surface area contributed by atoms with E-state index in [9.17, 15) is 9.59 Å². The molecule has 2 rings (SSSR count). The zero-order chi connectivity index (χ0) is 18.2. The monoisotopic (exact) mass is 342 g/mol. The summed E-state index contributed by atoms with van der Waals surface area (Å²) in [5.74, 6) is 0.513. The van der Waals surface area contributed by atoms with Crippen LogP contribution in [0.5, 0.6) is 17.2 Å². The standard InChI is InChI=1S/C18H18N2O5/c1-12(21)20-19-11-13-4-9-16(17(10-13)24-3)25-18(22)14-5-7-15(23-2)8-6-14/h4-11H,1-3H3,(H,20,21)/b19-11+. The fourth-order valence-corrected chi connectivity index (χ4v) is 1.93. The van der Waals surface area contributed by atoms with Crippen molar-refractivity contribution in [2.24, 2.45) is 5.10 Å². The van der Waals surface area contributed by atoms with Crippen molar-refractivity contribution >= 4 is 18.1 Å². The zero-order valence-electron chi connectivity index (χ0n) is 14.1. The third-order valence-electron chi connectivity index (χ3n) is 3.15. The third kappa shape index (κ3) is 5.07. The van der Waals surface area contributed by atoms with Gasteiger partial charge in [-0.25, -0.2) is 10.2 Å². The number of hydrazone groups is 1. The van der Waals surface area contributed by atoms with Crippen LogP contribution in [-0.2, 0) is 4.79 Å². The van der Waals surface area contributed by atoms with Gasteiger partial charge in [-0.1, -0.05) is 0 Å². The highest BCUT2D eigenvalue weighted by molar-refractivity contribution is 5.91. The number of amides is 1. The molecule has 0 aliphatic rings. The molecule has 0 fully saturated rings. The lowest BCUT2D eigenvalue weighted by molar-refractivity contribution is -0.118. The second-order valence-electron chi connectivity index (χ2n) is 4.95. The fraction of sp³-hybridized carbons (Fsp3) is 0.167. The number of hydrogen-bond acceptors (Lipinski definition) is 6. The van der Waals surface area contributed by atoms with Crippen molar-refractivity contribution in [2.75, 3.05) is 14.2 Å². The van der Waals surface area contributed by atoms with E-state index in [1.807, 2.05) is 0 Å². The van der Waals surface area contributed by atoms with Crippen molar-refractivity contribution in [2.45, 2.75) is 6.92 Å². The number of benzene rings is 2. The van der Waals surface area contributed by atoms with Gasteiger partial charge in [-0.15, -0.1) is 0 Å². The van der Waals surface area contributed by atoms with E-state index >= 15 is 0 Å². The molecule has 0 aromatic heterocycles. The van der Waals surface area contributed by atoms with E-state index in [0.29, 0.717) is 22.6 Å². The number of hydrogen-bond donors (Lipinski definition) is 1. The summed E-state index contributed by atoms with van der Waals surface area (Å²) in [7, 11) is 3.02. The summed E-state index contributed by atoms with van der Waals surface area (Å²) in [5.41, 5.74) is 3.37. The van der Waals surface area contributed by atoms with Crippen LogP contribution in [0.2, 0.25) is 0 Å². The van der Waals surface area contributed by atoms with Gasteiger partial charge in [0.15, 0.2) is 11.5 Å². The molecule has 2 aromatic carbocycles. The molecule has 0 radical (unpaired) electrons. The molecule has 1 amide bonds. The normalized spacial score (nSPS) is 10.4. The molecule has 0 atom stereocenters. The Balaban J connectivity index is 2.13. The summed E-state index contributed by atoms with van der Waals surface area (Å²) in [6.07, 6.45) is 1.46. The molecule has 1 N–H and O–H groups in total. The molecule has 130 valence electrons. The Bertz CT molecular complexity index is 785. The summed E-state index contributed by atoms with van der Waals surface area (Å²) >= 11 is 0. The maximum absolute atomic E-state index is 12.2. The predicted molar refractivity (Wildman–Crippen MR) is 92.4 cm³/mol. The summed E-state index contributed by atoms with van der Waals surface area (Å²) in [4.78, 5) is 23.0. The largest absolute Gasteiger partial charge is 0.497 e. The molecule has 0 heterocycles. The number of ether oxygens (including phenoxy) is 3. The Morgan fingerprint density at radius 1 is 1.00 bits per heavy atom. The summed E-state index contributed by atoms with van der Waals surface area (Å²) in [6.45, 7) is 1.36. The average molecular weight is 342 g/mol. The minimum Gasteiger partial charge on any atom is -0.497 e. The van der Waals surface area contributed by atoms with E-state index < -0.39 is 5.97 Å². The number of carbonyl (C=O) groups excluding carboxylic acids is 2. The van der Waals surface area contributed by atoms with E-state index in [0.717, 1.165) is 0 Å². The van der Waals surface area contributed by atoms with Gasteiger partial charge < -0.3 is 14.2 Å². The maximum Gasteiger partial charge on any atom is 0.343 e. The van der Waals surface area contributed by atoms with Gasteiger partial charge in [-0.05, 0) is 48.0 Å². The highest BCUT2D eigenvalue weighted by atomic mass is 16.6. The van der Waals surface area contributed by atoms with Crippen LogP contribution in [-0.4, -0.2) is 32.3 Å². The number of rotatable bonds is 6.